The lowest BCUT2D eigenvalue weighted by atomic mass is 10.2. The van der Waals surface area contributed by atoms with Crippen LogP contribution >= 0.6 is 46.1 Å². The second kappa shape index (κ2) is 4.71. The molecular formula is C10H6Cl3NS. The van der Waals surface area contributed by atoms with Gasteiger partial charge < -0.3 is 0 Å². The number of rotatable bonds is 2. The Labute approximate surface area is 107 Å². The Morgan fingerprint density at radius 3 is 2.73 bits per heavy atom. The summed E-state index contributed by atoms with van der Waals surface area (Å²) in [5.74, 6) is 0.419. The highest BCUT2D eigenvalue weighted by molar-refractivity contribution is 7.10. The van der Waals surface area contributed by atoms with Crippen LogP contribution in [0.3, 0.4) is 0 Å². The molecule has 0 radical (unpaired) electrons. The molecule has 0 amide bonds. The van der Waals surface area contributed by atoms with Crippen molar-refractivity contribution >= 4 is 46.1 Å². The van der Waals surface area contributed by atoms with Crippen LogP contribution in [-0.4, -0.2) is 4.98 Å². The first-order chi connectivity index (χ1) is 7.20. The predicted octanol–water partition coefficient (Wildman–Crippen LogP) is 4.86. The predicted molar refractivity (Wildman–Crippen MR) is 67.1 cm³/mol. The third kappa shape index (κ3) is 2.45. The number of hydrogen-bond donors (Lipinski definition) is 0. The van der Waals surface area contributed by atoms with Crippen molar-refractivity contribution in [1.29, 1.82) is 0 Å². The zero-order valence-corrected chi connectivity index (χ0v) is 10.6. The minimum Gasteiger partial charge on any atom is -0.240 e. The second-order valence-corrected chi connectivity index (χ2v) is 4.94. The summed E-state index contributed by atoms with van der Waals surface area (Å²) in [6, 6.07) is 5.32. The molecule has 0 aliphatic rings. The summed E-state index contributed by atoms with van der Waals surface area (Å²) < 4.78 is 0. The van der Waals surface area contributed by atoms with E-state index in [4.69, 9.17) is 34.8 Å². The fourth-order valence-corrected chi connectivity index (χ4v) is 2.47. The summed E-state index contributed by atoms with van der Waals surface area (Å²) in [4.78, 5) is 4.34. The molecule has 0 aliphatic carbocycles. The number of benzene rings is 1. The Morgan fingerprint density at radius 1 is 1.27 bits per heavy atom. The van der Waals surface area contributed by atoms with E-state index < -0.39 is 0 Å². The maximum absolute atomic E-state index is 6.06. The summed E-state index contributed by atoms with van der Waals surface area (Å²) in [5.41, 5.74) is 1.67. The van der Waals surface area contributed by atoms with Crippen molar-refractivity contribution in [3.05, 3.63) is 38.6 Å². The molecule has 0 bridgehead atoms. The van der Waals surface area contributed by atoms with Gasteiger partial charge in [0.1, 0.15) is 5.01 Å². The van der Waals surface area contributed by atoms with Crippen LogP contribution in [0.25, 0.3) is 11.3 Å². The number of halogens is 3. The fraction of sp³-hybridized carbons (Fsp3) is 0.100. The van der Waals surface area contributed by atoms with Crippen LogP contribution in [0.5, 0.6) is 0 Å². The Balaban J connectivity index is 2.48. The highest BCUT2D eigenvalue weighted by Gasteiger charge is 2.08. The summed E-state index contributed by atoms with van der Waals surface area (Å²) in [5, 5.41) is 4.10. The van der Waals surface area contributed by atoms with Crippen LogP contribution in [-0.2, 0) is 5.88 Å². The Morgan fingerprint density at radius 2 is 2.07 bits per heavy atom. The average Bonchev–Trinajstić information content (AvgIpc) is 2.70. The lowest BCUT2D eigenvalue weighted by molar-refractivity contribution is 1.26. The van der Waals surface area contributed by atoms with Gasteiger partial charge in [-0.1, -0.05) is 23.2 Å². The number of thiazole rings is 1. The Hall–Kier alpha value is -0.280. The van der Waals surface area contributed by atoms with Crippen molar-refractivity contribution in [2.45, 2.75) is 5.88 Å². The van der Waals surface area contributed by atoms with Gasteiger partial charge in [-0.3, -0.25) is 0 Å². The molecule has 2 aromatic rings. The first-order valence-corrected chi connectivity index (χ1v) is 6.33. The van der Waals surface area contributed by atoms with Crippen LogP contribution < -0.4 is 0 Å². The van der Waals surface area contributed by atoms with Gasteiger partial charge in [-0.25, -0.2) is 4.98 Å². The smallest absolute Gasteiger partial charge is 0.108 e. The van der Waals surface area contributed by atoms with E-state index in [1.54, 1.807) is 18.2 Å². The third-order valence-electron chi connectivity index (χ3n) is 1.87. The molecule has 1 nitrogen and oxygen atoms in total. The SMILES string of the molecule is ClCc1nc(-c2cc(Cl)ccc2Cl)cs1. The summed E-state index contributed by atoms with van der Waals surface area (Å²) in [6.45, 7) is 0. The molecule has 78 valence electrons. The standard InChI is InChI=1S/C10H6Cl3NS/c11-4-10-14-9(5-15-10)7-3-6(12)1-2-8(7)13/h1-3,5H,4H2. The number of aromatic nitrogens is 1. The van der Waals surface area contributed by atoms with Gasteiger partial charge >= 0.3 is 0 Å². The first-order valence-electron chi connectivity index (χ1n) is 4.16. The first kappa shape index (κ1) is 11.2. The van der Waals surface area contributed by atoms with Crippen LogP contribution in [0.4, 0.5) is 0 Å². The number of alkyl halides is 1. The molecule has 0 saturated heterocycles. The van der Waals surface area contributed by atoms with Gasteiger partial charge in [-0.05, 0) is 18.2 Å². The van der Waals surface area contributed by atoms with Crippen molar-refractivity contribution in [3.63, 3.8) is 0 Å². The maximum atomic E-state index is 6.06. The molecule has 0 unspecified atom stereocenters. The average molecular weight is 279 g/mol. The minimum atomic E-state index is 0.419. The Kier molecular flexibility index (Phi) is 3.52. The lowest BCUT2D eigenvalue weighted by Crippen LogP contribution is -1.81. The van der Waals surface area contributed by atoms with Crippen molar-refractivity contribution in [1.82, 2.24) is 4.98 Å². The molecule has 5 heteroatoms. The summed E-state index contributed by atoms with van der Waals surface area (Å²) in [6.07, 6.45) is 0. The third-order valence-corrected chi connectivity index (χ3v) is 3.70. The second-order valence-electron chi connectivity index (χ2n) is 2.88. The zero-order chi connectivity index (χ0) is 10.8. The molecule has 15 heavy (non-hydrogen) atoms. The summed E-state index contributed by atoms with van der Waals surface area (Å²) in [7, 11) is 0. The molecule has 1 aromatic heterocycles. The highest BCUT2D eigenvalue weighted by Crippen LogP contribution is 2.31. The van der Waals surface area contributed by atoms with Gasteiger partial charge in [0.2, 0.25) is 0 Å². The monoisotopic (exact) mass is 277 g/mol. The van der Waals surface area contributed by atoms with Crippen LogP contribution in [0.1, 0.15) is 5.01 Å². The van der Waals surface area contributed by atoms with E-state index in [-0.39, 0.29) is 0 Å². The van der Waals surface area contributed by atoms with E-state index in [1.807, 2.05) is 5.38 Å². The summed E-state index contributed by atoms with van der Waals surface area (Å²) >= 11 is 19.2. The number of nitrogens with zero attached hydrogens (tertiary/aromatic N) is 1. The van der Waals surface area contributed by atoms with Crippen LogP contribution in [0.15, 0.2) is 23.6 Å². The quantitative estimate of drug-likeness (QED) is 0.715. The molecule has 0 spiro atoms. The van der Waals surface area contributed by atoms with E-state index in [0.29, 0.717) is 15.9 Å². The Bertz CT molecular complexity index is 481. The molecule has 0 aliphatic heterocycles. The lowest BCUT2D eigenvalue weighted by Gasteiger charge is -2.00. The van der Waals surface area contributed by atoms with Gasteiger partial charge in [0.25, 0.3) is 0 Å². The van der Waals surface area contributed by atoms with Gasteiger partial charge in [0.15, 0.2) is 0 Å². The molecular weight excluding hydrogens is 273 g/mol. The van der Waals surface area contributed by atoms with E-state index >= 15 is 0 Å². The minimum absolute atomic E-state index is 0.419. The van der Waals surface area contributed by atoms with Crippen LogP contribution in [0, 0.1) is 0 Å². The maximum Gasteiger partial charge on any atom is 0.108 e. The van der Waals surface area contributed by atoms with E-state index in [0.717, 1.165) is 16.3 Å². The normalized spacial score (nSPS) is 10.6. The molecule has 0 fully saturated rings. The molecule has 1 aromatic carbocycles. The zero-order valence-electron chi connectivity index (χ0n) is 7.51. The number of hydrogen-bond acceptors (Lipinski definition) is 2. The van der Waals surface area contributed by atoms with Crippen LogP contribution in [0.2, 0.25) is 10.0 Å². The van der Waals surface area contributed by atoms with Crippen molar-refractivity contribution in [3.8, 4) is 11.3 Å². The topological polar surface area (TPSA) is 12.9 Å². The largest absolute Gasteiger partial charge is 0.240 e. The van der Waals surface area contributed by atoms with E-state index in [9.17, 15) is 0 Å². The van der Waals surface area contributed by atoms with Gasteiger partial charge in [0, 0.05) is 16.0 Å². The molecule has 1 heterocycles. The highest BCUT2D eigenvalue weighted by atomic mass is 35.5. The fourth-order valence-electron chi connectivity index (χ4n) is 1.19. The molecule has 2 rings (SSSR count). The van der Waals surface area contributed by atoms with Crippen molar-refractivity contribution < 1.29 is 0 Å². The molecule has 0 saturated carbocycles. The van der Waals surface area contributed by atoms with Crippen molar-refractivity contribution in [2.24, 2.45) is 0 Å². The van der Waals surface area contributed by atoms with Gasteiger partial charge in [-0.2, -0.15) is 0 Å². The van der Waals surface area contributed by atoms with Gasteiger partial charge in [-0.15, -0.1) is 22.9 Å². The van der Waals surface area contributed by atoms with Crippen molar-refractivity contribution in [2.75, 3.05) is 0 Å². The molecule has 0 N–H and O–H groups in total. The van der Waals surface area contributed by atoms with E-state index in [2.05, 4.69) is 4.98 Å². The molecule has 0 atom stereocenters. The van der Waals surface area contributed by atoms with Gasteiger partial charge in [0.05, 0.1) is 16.6 Å². The van der Waals surface area contributed by atoms with E-state index in [1.165, 1.54) is 11.3 Å².